The average molecular weight is 280 g/mol. The molecule has 6 nitrogen and oxygen atoms in total. The van der Waals surface area contributed by atoms with Crippen LogP contribution in [0.4, 0.5) is 5.69 Å². The number of aryl methyl sites for hydroxylation is 1. The Morgan fingerprint density at radius 3 is 2.70 bits per heavy atom. The molecule has 1 saturated heterocycles. The van der Waals surface area contributed by atoms with Crippen molar-refractivity contribution in [3.8, 4) is 0 Å². The third kappa shape index (κ3) is 3.30. The number of aromatic nitrogens is 2. The number of amides is 1. The fourth-order valence-corrected chi connectivity index (χ4v) is 2.63. The SMILES string of the molecule is Cc1nn(CC(=O)NC(C)C2CCOCC2)c(C)c1N. The third-order valence-electron chi connectivity index (χ3n) is 4.09. The van der Waals surface area contributed by atoms with E-state index in [2.05, 4.69) is 17.3 Å². The molecule has 112 valence electrons. The molecule has 3 N–H and O–H groups in total. The fraction of sp³-hybridized carbons (Fsp3) is 0.714. The lowest BCUT2D eigenvalue weighted by molar-refractivity contribution is -0.123. The Hall–Kier alpha value is -1.56. The van der Waals surface area contributed by atoms with Gasteiger partial charge in [-0.15, -0.1) is 0 Å². The zero-order chi connectivity index (χ0) is 14.7. The molecule has 2 rings (SSSR count). The Morgan fingerprint density at radius 2 is 2.15 bits per heavy atom. The van der Waals surface area contributed by atoms with Crippen LogP contribution in [-0.4, -0.2) is 34.9 Å². The molecule has 0 spiro atoms. The van der Waals surface area contributed by atoms with E-state index in [1.807, 2.05) is 13.8 Å². The Kier molecular flexibility index (Phi) is 4.65. The molecule has 1 atom stereocenters. The van der Waals surface area contributed by atoms with Crippen molar-refractivity contribution in [2.24, 2.45) is 5.92 Å². The van der Waals surface area contributed by atoms with Gasteiger partial charge in [-0.3, -0.25) is 9.48 Å². The largest absolute Gasteiger partial charge is 0.396 e. The second-order valence-electron chi connectivity index (χ2n) is 5.55. The summed E-state index contributed by atoms with van der Waals surface area (Å²) < 4.78 is 7.00. The summed E-state index contributed by atoms with van der Waals surface area (Å²) in [5, 5.41) is 7.34. The van der Waals surface area contributed by atoms with Crippen molar-refractivity contribution in [1.82, 2.24) is 15.1 Å². The minimum Gasteiger partial charge on any atom is -0.396 e. The van der Waals surface area contributed by atoms with Crippen LogP contribution in [0.15, 0.2) is 0 Å². The smallest absolute Gasteiger partial charge is 0.241 e. The highest BCUT2D eigenvalue weighted by molar-refractivity contribution is 5.76. The predicted molar refractivity (Wildman–Crippen MR) is 77.3 cm³/mol. The molecule has 1 amide bonds. The number of hydrogen-bond acceptors (Lipinski definition) is 4. The van der Waals surface area contributed by atoms with Crippen molar-refractivity contribution >= 4 is 11.6 Å². The maximum absolute atomic E-state index is 12.1. The van der Waals surface area contributed by atoms with Gasteiger partial charge < -0.3 is 15.8 Å². The quantitative estimate of drug-likeness (QED) is 0.862. The number of carbonyl (C=O) groups is 1. The number of ether oxygens (including phenoxy) is 1. The molecule has 1 fully saturated rings. The van der Waals surface area contributed by atoms with E-state index in [1.165, 1.54) is 0 Å². The molecule has 0 aromatic carbocycles. The molecule has 2 heterocycles. The van der Waals surface area contributed by atoms with Crippen LogP contribution in [0.25, 0.3) is 0 Å². The van der Waals surface area contributed by atoms with Gasteiger partial charge in [0, 0.05) is 19.3 Å². The molecule has 20 heavy (non-hydrogen) atoms. The first-order valence-electron chi connectivity index (χ1n) is 7.15. The van der Waals surface area contributed by atoms with Crippen molar-refractivity contribution in [3.05, 3.63) is 11.4 Å². The molecule has 1 aromatic heterocycles. The number of nitrogens with zero attached hydrogens (tertiary/aromatic N) is 2. The van der Waals surface area contributed by atoms with Crippen LogP contribution in [0.1, 0.15) is 31.2 Å². The van der Waals surface area contributed by atoms with E-state index in [-0.39, 0.29) is 18.5 Å². The van der Waals surface area contributed by atoms with Gasteiger partial charge in [-0.1, -0.05) is 0 Å². The Balaban J connectivity index is 1.89. The fourth-order valence-electron chi connectivity index (χ4n) is 2.63. The molecule has 1 aliphatic rings. The molecule has 1 aromatic rings. The molecule has 1 aliphatic heterocycles. The number of rotatable bonds is 4. The first-order chi connectivity index (χ1) is 9.49. The zero-order valence-corrected chi connectivity index (χ0v) is 12.5. The molecule has 0 radical (unpaired) electrons. The summed E-state index contributed by atoms with van der Waals surface area (Å²) in [6, 6.07) is 0.167. The Bertz CT molecular complexity index is 478. The van der Waals surface area contributed by atoms with Gasteiger partial charge in [0.15, 0.2) is 0 Å². The van der Waals surface area contributed by atoms with Gasteiger partial charge in [0.05, 0.1) is 17.1 Å². The first kappa shape index (κ1) is 14.8. The van der Waals surface area contributed by atoms with Crippen LogP contribution in [0.2, 0.25) is 0 Å². The summed E-state index contributed by atoms with van der Waals surface area (Å²) in [5.74, 6) is 0.479. The van der Waals surface area contributed by atoms with E-state index in [1.54, 1.807) is 4.68 Å². The lowest BCUT2D eigenvalue weighted by Gasteiger charge is -2.28. The van der Waals surface area contributed by atoms with E-state index in [0.29, 0.717) is 11.6 Å². The summed E-state index contributed by atoms with van der Waals surface area (Å²) in [6.45, 7) is 7.59. The number of nitrogen functional groups attached to an aromatic ring is 1. The summed E-state index contributed by atoms with van der Waals surface area (Å²) in [5.41, 5.74) is 8.14. The lowest BCUT2D eigenvalue weighted by atomic mass is 9.93. The van der Waals surface area contributed by atoms with E-state index in [0.717, 1.165) is 37.4 Å². The van der Waals surface area contributed by atoms with E-state index in [9.17, 15) is 4.79 Å². The van der Waals surface area contributed by atoms with Crippen LogP contribution in [0, 0.1) is 19.8 Å². The molecular formula is C14H24N4O2. The second kappa shape index (κ2) is 6.26. The third-order valence-corrected chi connectivity index (χ3v) is 4.09. The zero-order valence-electron chi connectivity index (χ0n) is 12.5. The van der Waals surface area contributed by atoms with Crippen molar-refractivity contribution in [3.63, 3.8) is 0 Å². The summed E-state index contributed by atoms with van der Waals surface area (Å²) >= 11 is 0. The van der Waals surface area contributed by atoms with Gasteiger partial charge in [0.2, 0.25) is 5.91 Å². The molecular weight excluding hydrogens is 256 g/mol. The van der Waals surface area contributed by atoms with Crippen LogP contribution >= 0.6 is 0 Å². The number of nitrogens with two attached hydrogens (primary N) is 1. The van der Waals surface area contributed by atoms with Crippen LogP contribution in [0.3, 0.4) is 0 Å². The monoisotopic (exact) mass is 280 g/mol. The van der Waals surface area contributed by atoms with E-state index >= 15 is 0 Å². The van der Waals surface area contributed by atoms with Gasteiger partial charge in [0.1, 0.15) is 6.54 Å². The maximum atomic E-state index is 12.1. The molecule has 0 aliphatic carbocycles. The second-order valence-corrected chi connectivity index (χ2v) is 5.55. The van der Waals surface area contributed by atoms with Gasteiger partial charge in [0.25, 0.3) is 0 Å². The summed E-state index contributed by atoms with van der Waals surface area (Å²) in [7, 11) is 0. The number of anilines is 1. The summed E-state index contributed by atoms with van der Waals surface area (Å²) in [6.07, 6.45) is 2.02. The van der Waals surface area contributed by atoms with Gasteiger partial charge in [-0.25, -0.2) is 0 Å². The van der Waals surface area contributed by atoms with Crippen molar-refractivity contribution < 1.29 is 9.53 Å². The maximum Gasteiger partial charge on any atom is 0.241 e. The average Bonchev–Trinajstić information content (AvgIpc) is 2.67. The standard InChI is InChI=1S/C14H24N4O2/c1-9(12-4-6-20-7-5-12)16-13(19)8-18-11(3)14(15)10(2)17-18/h9,12H,4-8,15H2,1-3H3,(H,16,19). The van der Waals surface area contributed by atoms with Crippen LogP contribution in [-0.2, 0) is 16.1 Å². The number of carbonyl (C=O) groups excluding carboxylic acids is 1. The molecule has 0 saturated carbocycles. The summed E-state index contributed by atoms with van der Waals surface area (Å²) in [4.78, 5) is 12.1. The van der Waals surface area contributed by atoms with Crippen LogP contribution in [0.5, 0.6) is 0 Å². The highest BCUT2D eigenvalue weighted by Crippen LogP contribution is 2.19. The number of hydrogen-bond donors (Lipinski definition) is 2. The van der Waals surface area contributed by atoms with Crippen molar-refractivity contribution in [2.45, 2.75) is 46.2 Å². The van der Waals surface area contributed by atoms with Crippen molar-refractivity contribution in [1.29, 1.82) is 0 Å². The van der Waals surface area contributed by atoms with Gasteiger partial charge in [-0.05, 0) is 39.5 Å². The first-order valence-corrected chi connectivity index (χ1v) is 7.15. The number of nitrogens with one attached hydrogen (secondary N) is 1. The molecule has 0 bridgehead atoms. The van der Waals surface area contributed by atoms with Crippen LogP contribution < -0.4 is 11.1 Å². The minimum atomic E-state index is -0.0189. The van der Waals surface area contributed by atoms with Gasteiger partial charge >= 0.3 is 0 Å². The highest BCUT2D eigenvalue weighted by atomic mass is 16.5. The van der Waals surface area contributed by atoms with Gasteiger partial charge in [-0.2, -0.15) is 5.10 Å². The topological polar surface area (TPSA) is 82.2 Å². The lowest BCUT2D eigenvalue weighted by Crippen LogP contribution is -2.41. The Morgan fingerprint density at radius 1 is 1.50 bits per heavy atom. The van der Waals surface area contributed by atoms with Crippen molar-refractivity contribution in [2.75, 3.05) is 18.9 Å². The molecule has 1 unspecified atom stereocenters. The molecule has 6 heteroatoms. The Labute approximate surface area is 119 Å². The van der Waals surface area contributed by atoms with E-state index < -0.39 is 0 Å². The minimum absolute atomic E-state index is 0.0189. The highest BCUT2D eigenvalue weighted by Gasteiger charge is 2.22. The van der Waals surface area contributed by atoms with E-state index in [4.69, 9.17) is 10.5 Å². The normalized spacial score (nSPS) is 17.9. The predicted octanol–water partition coefficient (Wildman–Crippen LogP) is 1.01.